The summed E-state index contributed by atoms with van der Waals surface area (Å²) < 4.78 is 0. The molecule has 0 atom stereocenters. The van der Waals surface area contributed by atoms with E-state index in [9.17, 15) is 14.5 Å². The van der Waals surface area contributed by atoms with Crippen LogP contribution in [-0.2, 0) is 19.4 Å². The van der Waals surface area contributed by atoms with Gasteiger partial charge < -0.3 is 0 Å². The maximum atomic E-state index is 11.0. The average Bonchev–Trinajstić information content (AvgIpc) is 2.25. The molecule has 0 aromatic rings. The second kappa shape index (κ2) is 8.63. The van der Waals surface area contributed by atoms with E-state index in [0.717, 1.165) is 31.2 Å². The summed E-state index contributed by atoms with van der Waals surface area (Å²) >= 11 is 0. The summed E-state index contributed by atoms with van der Waals surface area (Å²) in [5.41, 5.74) is 0. The van der Waals surface area contributed by atoms with Gasteiger partial charge in [-0.25, -0.2) is 24.4 Å². The fourth-order valence-corrected chi connectivity index (χ4v) is 0.974. The molecule has 0 aromatic heterocycles. The first-order valence-corrected chi connectivity index (χ1v) is 5.06. The minimum Gasteiger partial charge on any atom is -0.250 e. The number of unbranched alkanes of at least 4 members (excludes halogenated alkanes) is 2. The van der Waals surface area contributed by atoms with Gasteiger partial charge in [-0.3, -0.25) is 0 Å². The highest BCUT2D eigenvalue weighted by molar-refractivity contribution is 5.73. The molecule has 0 amide bonds. The van der Waals surface area contributed by atoms with Crippen molar-refractivity contribution in [1.29, 1.82) is 0 Å². The van der Waals surface area contributed by atoms with Gasteiger partial charge >= 0.3 is 11.9 Å². The van der Waals surface area contributed by atoms with Gasteiger partial charge in [-0.15, -0.1) is 4.91 Å². The minimum absolute atomic E-state index is 0.319. The van der Waals surface area contributed by atoms with Crippen LogP contribution in [0.15, 0.2) is 5.29 Å². The van der Waals surface area contributed by atoms with Crippen LogP contribution in [0.3, 0.4) is 0 Å². The number of nitrogens with zero attached hydrogens (tertiary/aromatic N) is 2. The number of carbonyl (C=O) groups is 2. The van der Waals surface area contributed by atoms with Crippen LogP contribution >= 0.6 is 0 Å². The van der Waals surface area contributed by atoms with Crippen LogP contribution in [0.25, 0.3) is 0 Å². The van der Waals surface area contributed by atoms with Crippen LogP contribution in [-0.4, -0.2) is 30.0 Å². The predicted octanol–water partition coefficient (Wildman–Crippen LogP) is 1.18. The zero-order chi connectivity index (χ0) is 12.4. The van der Waals surface area contributed by atoms with Gasteiger partial charge in [-0.1, -0.05) is 19.8 Å². The molecule has 0 saturated heterocycles. The van der Waals surface area contributed by atoms with Crippen LogP contribution in [0.2, 0.25) is 0 Å². The number of carbonyl (C=O) groups excluding carboxylic acids is 2. The molecule has 0 spiro atoms. The minimum atomic E-state index is -0.828. The SMILES string of the molecule is CCCCCN(CC(=O)OOC(C)=O)N=O. The molecular formula is C9H16N2O5. The first kappa shape index (κ1) is 14.3. The Balaban J connectivity index is 3.78. The van der Waals surface area contributed by atoms with Crippen molar-refractivity contribution >= 4 is 11.9 Å². The topological polar surface area (TPSA) is 85.3 Å². The van der Waals surface area contributed by atoms with E-state index in [1.165, 1.54) is 0 Å². The Kier molecular flexibility index (Phi) is 7.74. The maximum Gasteiger partial charge on any atom is 0.376 e. The van der Waals surface area contributed by atoms with Gasteiger partial charge in [0.05, 0.1) is 5.29 Å². The average molecular weight is 232 g/mol. The molecule has 0 saturated carbocycles. The molecule has 7 nitrogen and oxygen atoms in total. The number of rotatable bonds is 7. The lowest BCUT2D eigenvalue weighted by molar-refractivity contribution is -0.257. The van der Waals surface area contributed by atoms with Gasteiger partial charge in [-0.05, 0) is 6.42 Å². The molecule has 0 aromatic carbocycles. The van der Waals surface area contributed by atoms with Gasteiger partial charge in [-0.2, -0.15) is 0 Å². The Morgan fingerprint density at radius 2 is 1.94 bits per heavy atom. The van der Waals surface area contributed by atoms with E-state index >= 15 is 0 Å². The quantitative estimate of drug-likeness (QED) is 0.283. The lowest BCUT2D eigenvalue weighted by Crippen LogP contribution is -2.27. The highest BCUT2D eigenvalue weighted by Crippen LogP contribution is 1.99. The summed E-state index contributed by atoms with van der Waals surface area (Å²) in [7, 11) is 0. The van der Waals surface area contributed by atoms with Crippen molar-refractivity contribution in [3.05, 3.63) is 4.91 Å². The Bertz CT molecular complexity index is 244. The summed E-state index contributed by atoms with van der Waals surface area (Å²) in [5.74, 6) is -1.56. The summed E-state index contributed by atoms with van der Waals surface area (Å²) in [4.78, 5) is 39.8. The zero-order valence-corrected chi connectivity index (χ0v) is 9.47. The van der Waals surface area contributed by atoms with E-state index in [0.29, 0.717) is 6.54 Å². The summed E-state index contributed by atoms with van der Waals surface area (Å²) in [6.07, 6.45) is 2.72. The number of nitroso groups, excluding NO2 is 1. The van der Waals surface area contributed by atoms with Crippen molar-refractivity contribution < 1.29 is 19.4 Å². The Morgan fingerprint density at radius 1 is 1.25 bits per heavy atom. The van der Waals surface area contributed by atoms with Crippen molar-refractivity contribution in [3.63, 3.8) is 0 Å². The molecule has 0 bridgehead atoms. The smallest absolute Gasteiger partial charge is 0.250 e. The largest absolute Gasteiger partial charge is 0.376 e. The van der Waals surface area contributed by atoms with Crippen LogP contribution in [0.5, 0.6) is 0 Å². The molecule has 7 heteroatoms. The van der Waals surface area contributed by atoms with Crippen molar-refractivity contribution in [3.8, 4) is 0 Å². The first-order valence-electron chi connectivity index (χ1n) is 5.06. The lowest BCUT2D eigenvalue weighted by atomic mass is 10.2. The van der Waals surface area contributed by atoms with Gasteiger partial charge in [0.25, 0.3) is 0 Å². The summed E-state index contributed by atoms with van der Waals surface area (Å²) in [6, 6.07) is 0. The van der Waals surface area contributed by atoms with Crippen molar-refractivity contribution in [1.82, 2.24) is 5.01 Å². The third-order valence-corrected chi connectivity index (χ3v) is 1.70. The summed E-state index contributed by atoms with van der Waals surface area (Å²) in [6.45, 7) is 3.19. The molecule has 0 aliphatic heterocycles. The van der Waals surface area contributed by atoms with Gasteiger partial charge in [0, 0.05) is 13.5 Å². The molecule has 16 heavy (non-hydrogen) atoms. The van der Waals surface area contributed by atoms with Crippen LogP contribution < -0.4 is 0 Å². The molecular weight excluding hydrogens is 216 g/mol. The molecule has 0 fully saturated rings. The van der Waals surface area contributed by atoms with E-state index in [1.54, 1.807) is 0 Å². The maximum absolute atomic E-state index is 11.0. The van der Waals surface area contributed by atoms with Crippen molar-refractivity contribution in [2.24, 2.45) is 5.29 Å². The van der Waals surface area contributed by atoms with Gasteiger partial charge in [0.15, 0.2) is 0 Å². The molecule has 0 aliphatic rings. The number of hydrogen-bond donors (Lipinski definition) is 0. The fourth-order valence-electron chi connectivity index (χ4n) is 0.974. The highest BCUT2D eigenvalue weighted by atomic mass is 17.2. The normalized spacial score (nSPS) is 9.38. The Morgan fingerprint density at radius 3 is 2.44 bits per heavy atom. The Hall–Kier alpha value is -1.66. The second-order valence-electron chi connectivity index (χ2n) is 3.21. The van der Waals surface area contributed by atoms with Crippen LogP contribution in [0, 0.1) is 4.91 Å². The van der Waals surface area contributed by atoms with E-state index in [-0.39, 0.29) is 6.54 Å². The summed E-state index contributed by atoms with van der Waals surface area (Å²) in [5, 5.41) is 3.70. The molecule has 92 valence electrons. The lowest BCUT2D eigenvalue weighted by Gasteiger charge is -2.12. The highest BCUT2D eigenvalue weighted by Gasteiger charge is 2.12. The van der Waals surface area contributed by atoms with Crippen molar-refractivity contribution in [2.75, 3.05) is 13.1 Å². The molecule has 0 rings (SSSR count). The Labute approximate surface area is 93.6 Å². The van der Waals surface area contributed by atoms with E-state index in [4.69, 9.17) is 0 Å². The van der Waals surface area contributed by atoms with E-state index < -0.39 is 11.9 Å². The fraction of sp³-hybridized carbons (Fsp3) is 0.778. The van der Waals surface area contributed by atoms with Gasteiger partial charge in [0.1, 0.15) is 6.54 Å². The second-order valence-corrected chi connectivity index (χ2v) is 3.21. The molecule has 0 unspecified atom stereocenters. The van der Waals surface area contributed by atoms with Gasteiger partial charge in [0.2, 0.25) is 0 Å². The number of hydrogen-bond acceptors (Lipinski definition) is 6. The van der Waals surface area contributed by atoms with Crippen LogP contribution in [0.1, 0.15) is 33.1 Å². The van der Waals surface area contributed by atoms with E-state index in [1.807, 2.05) is 6.92 Å². The first-order chi connectivity index (χ1) is 7.60. The molecule has 0 radical (unpaired) electrons. The van der Waals surface area contributed by atoms with Crippen molar-refractivity contribution in [2.45, 2.75) is 33.1 Å². The molecule has 0 heterocycles. The third kappa shape index (κ3) is 7.72. The third-order valence-electron chi connectivity index (χ3n) is 1.70. The predicted molar refractivity (Wildman–Crippen MR) is 54.8 cm³/mol. The zero-order valence-electron chi connectivity index (χ0n) is 9.47. The standard InChI is InChI=1S/C9H16N2O5/c1-3-4-5-6-11(10-14)7-9(13)16-15-8(2)12/h3-7H2,1-2H3. The molecule has 0 aliphatic carbocycles. The molecule has 0 N–H and O–H groups in total. The van der Waals surface area contributed by atoms with E-state index in [2.05, 4.69) is 15.1 Å². The monoisotopic (exact) mass is 232 g/mol. The van der Waals surface area contributed by atoms with Crippen LogP contribution in [0.4, 0.5) is 0 Å².